The van der Waals surface area contributed by atoms with Gasteiger partial charge in [0.2, 0.25) is 5.91 Å². The van der Waals surface area contributed by atoms with Gasteiger partial charge in [0, 0.05) is 6.54 Å². The first-order chi connectivity index (χ1) is 4.63. The minimum atomic E-state index is -0.897. The van der Waals surface area contributed by atoms with Gasteiger partial charge >= 0.3 is 5.97 Å². The summed E-state index contributed by atoms with van der Waals surface area (Å²) in [7, 11) is 0. The van der Waals surface area contributed by atoms with Crippen LogP contribution in [0.2, 0.25) is 0 Å². The third-order valence-electron chi connectivity index (χ3n) is 1.83. The van der Waals surface area contributed by atoms with E-state index in [4.69, 9.17) is 5.11 Å². The van der Waals surface area contributed by atoms with Crippen LogP contribution in [0.5, 0.6) is 0 Å². The lowest BCUT2D eigenvalue weighted by Crippen LogP contribution is -2.20. The first kappa shape index (κ1) is 7.05. The zero-order valence-corrected chi connectivity index (χ0v) is 5.63. The largest absolute Gasteiger partial charge is 0.481 e. The van der Waals surface area contributed by atoms with E-state index in [1.54, 1.807) is 6.92 Å². The quantitative estimate of drug-likeness (QED) is 0.517. The van der Waals surface area contributed by atoms with E-state index in [-0.39, 0.29) is 18.4 Å². The van der Waals surface area contributed by atoms with Crippen LogP contribution in [-0.2, 0) is 9.59 Å². The number of carbonyl (C=O) groups excluding carboxylic acids is 1. The average Bonchev–Trinajstić information content (AvgIpc) is 2.14. The van der Waals surface area contributed by atoms with Gasteiger partial charge < -0.3 is 10.4 Å². The van der Waals surface area contributed by atoms with Crippen molar-refractivity contribution >= 4 is 11.9 Å². The van der Waals surface area contributed by atoms with Crippen LogP contribution in [0.25, 0.3) is 0 Å². The molecule has 0 aromatic rings. The molecular weight excluding hydrogens is 134 g/mol. The Balaban J connectivity index is 2.66. The number of rotatable bonds is 1. The van der Waals surface area contributed by atoms with Gasteiger partial charge in [-0.1, -0.05) is 6.92 Å². The molecule has 1 aliphatic heterocycles. The van der Waals surface area contributed by atoms with Crippen molar-refractivity contribution in [2.75, 3.05) is 6.54 Å². The molecule has 1 saturated heterocycles. The molecule has 1 aliphatic rings. The summed E-state index contributed by atoms with van der Waals surface area (Å²) in [6.07, 6.45) is 0. The molecule has 0 bridgehead atoms. The lowest BCUT2D eigenvalue weighted by Gasteiger charge is -2.03. The van der Waals surface area contributed by atoms with Gasteiger partial charge in [-0.25, -0.2) is 0 Å². The first-order valence-corrected chi connectivity index (χ1v) is 3.13. The second kappa shape index (κ2) is 2.28. The molecule has 0 radical (unpaired) electrons. The van der Waals surface area contributed by atoms with Crippen molar-refractivity contribution in [1.82, 2.24) is 5.32 Å². The molecule has 1 heterocycles. The van der Waals surface area contributed by atoms with Crippen molar-refractivity contribution in [3.8, 4) is 0 Å². The summed E-state index contributed by atoms with van der Waals surface area (Å²) < 4.78 is 0. The van der Waals surface area contributed by atoms with Crippen molar-refractivity contribution in [2.45, 2.75) is 6.92 Å². The van der Waals surface area contributed by atoms with Gasteiger partial charge in [0.25, 0.3) is 0 Å². The number of nitrogens with one attached hydrogen (secondary N) is 1. The molecule has 1 rings (SSSR count). The number of aliphatic carboxylic acids is 1. The summed E-state index contributed by atoms with van der Waals surface area (Å²) >= 11 is 0. The van der Waals surface area contributed by atoms with Crippen LogP contribution in [0.1, 0.15) is 6.92 Å². The fourth-order valence-corrected chi connectivity index (χ4v) is 1.03. The van der Waals surface area contributed by atoms with E-state index in [0.29, 0.717) is 0 Å². The number of carboxylic acids is 1. The molecule has 4 nitrogen and oxygen atoms in total. The summed E-state index contributed by atoms with van der Waals surface area (Å²) in [4.78, 5) is 21.1. The van der Waals surface area contributed by atoms with Gasteiger partial charge in [-0.05, 0) is 0 Å². The molecule has 1 fully saturated rings. The fraction of sp³-hybridized carbons (Fsp3) is 0.667. The molecule has 0 aromatic heterocycles. The van der Waals surface area contributed by atoms with Crippen LogP contribution in [-0.4, -0.2) is 23.5 Å². The predicted molar refractivity (Wildman–Crippen MR) is 33.3 cm³/mol. The predicted octanol–water partition coefficient (Wildman–Crippen LogP) is -0.547. The summed E-state index contributed by atoms with van der Waals surface area (Å²) in [5.41, 5.74) is 0. The van der Waals surface area contributed by atoms with E-state index in [1.807, 2.05) is 0 Å². The molecule has 2 atom stereocenters. The van der Waals surface area contributed by atoms with Gasteiger partial charge in [-0.3, -0.25) is 9.59 Å². The van der Waals surface area contributed by atoms with Crippen LogP contribution in [0, 0.1) is 11.8 Å². The second-order valence-corrected chi connectivity index (χ2v) is 2.48. The molecule has 56 valence electrons. The minimum Gasteiger partial charge on any atom is -0.481 e. The van der Waals surface area contributed by atoms with E-state index in [1.165, 1.54) is 0 Å². The molecule has 2 N–H and O–H groups in total. The fourth-order valence-electron chi connectivity index (χ4n) is 1.03. The second-order valence-electron chi connectivity index (χ2n) is 2.48. The van der Waals surface area contributed by atoms with Gasteiger partial charge in [0.1, 0.15) is 0 Å². The number of carboxylic acid groups (broad SMARTS) is 1. The first-order valence-electron chi connectivity index (χ1n) is 3.13. The lowest BCUT2D eigenvalue weighted by atomic mass is 9.98. The van der Waals surface area contributed by atoms with Crippen molar-refractivity contribution < 1.29 is 14.7 Å². The SMILES string of the molecule is C[C@@H]1C(=O)NC[C@H]1C(=O)O. The monoisotopic (exact) mass is 143 g/mol. The zero-order valence-electron chi connectivity index (χ0n) is 5.63. The normalized spacial score (nSPS) is 31.9. The average molecular weight is 143 g/mol. The molecular formula is C6H9NO3. The van der Waals surface area contributed by atoms with E-state index >= 15 is 0 Å². The number of hydrogen-bond acceptors (Lipinski definition) is 2. The topological polar surface area (TPSA) is 66.4 Å². The summed E-state index contributed by atoms with van der Waals surface area (Å²) in [6, 6.07) is 0. The van der Waals surface area contributed by atoms with E-state index in [9.17, 15) is 9.59 Å². The zero-order chi connectivity index (χ0) is 7.72. The molecule has 0 aliphatic carbocycles. The van der Waals surface area contributed by atoms with E-state index in [0.717, 1.165) is 0 Å². The highest BCUT2D eigenvalue weighted by molar-refractivity contribution is 5.87. The van der Waals surface area contributed by atoms with Gasteiger partial charge in [-0.15, -0.1) is 0 Å². The van der Waals surface area contributed by atoms with Gasteiger partial charge in [0.15, 0.2) is 0 Å². The minimum absolute atomic E-state index is 0.160. The van der Waals surface area contributed by atoms with E-state index < -0.39 is 11.9 Å². The highest BCUT2D eigenvalue weighted by atomic mass is 16.4. The molecule has 10 heavy (non-hydrogen) atoms. The van der Waals surface area contributed by atoms with Crippen LogP contribution in [0.3, 0.4) is 0 Å². The van der Waals surface area contributed by atoms with Crippen LogP contribution >= 0.6 is 0 Å². The molecule has 0 saturated carbocycles. The molecule has 4 heteroatoms. The number of hydrogen-bond donors (Lipinski definition) is 2. The Morgan fingerprint density at radius 1 is 1.80 bits per heavy atom. The maximum absolute atomic E-state index is 10.7. The van der Waals surface area contributed by atoms with Gasteiger partial charge in [0.05, 0.1) is 11.8 Å². The van der Waals surface area contributed by atoms with Gasteiger partial charge in [-0.2, -0.15) is 0 Å². The highest BCUT2D eigenvalue weighted by Gasteiger charge is 2.35. The van der Waals surface area contributed by atoms with Crippen LogP contribution in [0.15, 0.2) is 0 Å². The van der Waals surface area contributed by atoms with Crippen molar-refractivity contribution in [3.63, 3.8) is 0 Å². The summed E-state index contributed by atoms with van der Waals surface area (Å²) in [5, 5.41) is 11.0. The highest BCUT2D eigenvalue weighted by Crippen LogP contribution is 2.16. The molecule has 1 amide bonds. The van der Waals surface area contributed by atoms with Crippen LogP contribution < -0.4 is 5.32 Å². The Kier molecular flexibility index (Phi) is 1.61. The Morgan fingerprint density at radius 2 is 2.40 bits per heavy atom. The number of carbonyl (C=O) groups is 2. The van der Waals surface area contributed by atoms with E-state index in [2.05, 4.69) is 5.32 Å². The Morgan fingerprint density at radius 3 is 2.60 bits per heavy atom. The number of amides is 1. The summed E-state index contributed by atoms with van der Waals surface area (Å²) in [6.45, 7) is 1.90. The standard InChI is InChI=1S/C6H9NO3/c1-3-4(6(9)10)2-7-5(3)8/h3-4H,2H2,1H3,(H,7,8)(H,9,10)/t3-,4+/m0/s1. The maximum atomic E-state index is 10.7. The Hall–Kier alpha value is -1.06. The molecule has 0 spiro atoms. The summed E-state index contributed by atoms with van der Waals surface area (Å²) in [5.74, 6) is -1.97. The van der Waals surface area contributed by atoms with Crippen molar-refractivity contribution in [1.29, 1.82) is 0 Å². The Labute approximate surface area is 58.2 Å². The lowest BCUT2D eigenvalue weighted by molar-refractivity contribution is -0.143. The smallest absolute Gasteiger partial charge is 0.309 e. The molecule has 0 aromatic carbocycles. The van der Waals surface area contributed by atoms with Crippen LogP contribution in [0.4, 0.5) is 0 Å². The third kappa shape index (κ3) is 0.964. The Bertz CT molecular complexity index is 178. The van der Waals surface area contributed by atoms with Crippen molar-refractivity contribution in [3.05, 3.63) is 0 Å². The third-order valence-corrected chi connectivity index (χ3v) is 1.83. The molecule has 0 unspecified atom stereocenters. The maximum Gasteiger partial charge on any atom is 0.309 e. The van der Waals surface area contributed by atoms with Crippen molar-refractivity contribution in [2.24, 2.45) is 11.8 Å².